The number of amides is 1. The predicted molar refractivity (Wildman–Crippen MR) is 99.0 cm³/mol. The molecule has 2 aliphatic rings. The molecular formula is C19H21FN2O3S. The number of nitrogens with zero attached hydrogens (tertiary/aromatic N) is 2. The number of hydrogen-bond donors (Lipinski definition) is 0. The van der Waals surface area contributed by atoms with Crippen molar-refractivity contribution in [3.8, 4) is 0 Å². The Kier molecular flexibility index (Phi) is 5.46. The summed E-state index contributed by atoms with van der Waals surface area (Å²) >= 11 is 1.46. The predicted octanol–water partition coefficient (Wildman–Crippen LogP) is 3.68. The van der Waals surface area contributed by atoms with Crippen molar-refractivity contribution >= 4 is 28.8 Å². The van der Waals surface area contributed by atoms with Gasteiger partial charge in [-0.2, -0.15) is 0 Å². The van der Waals surface area contributed by atoms with Gasteiger partial charge in [0, 0.05) is 12.2 Å². The lowest BCUT2D eigenvalue weighted by Crippen LogP contribution is -2.45. The average Bonchev–Trinajstić information content (AvgIpc) is 2.58. The fraction of sp³-hybridized carbons (Fsp3) is 0.421. The number of benzene rings is 1. The molecule has 0 aliphatic carbocycles. The normalized spacial score (nSPS) is 20.2. The maximum absolute atomic E-state index is 13.9. The molecule has 0 N–H and O–H groups in total. The van der Waals surface area contributed by atoms with Crippen LogP contribution in [-0.4, -0.2) is 34.3 Å². The maximum atomic E-state index is 13.9. The van der Waals surface area contributed by atoms with Gasteiger partial charge in [0.25, 0.3) is 0 Å². The van der Waals surface area contributed by atoms with E-state index in [1.807, 2.05) is 13.8 Å². The van der Waals surface area contributed by atoms with Crippen LogP contribution in [0, 0.1) is 11.7 Å². The molecule has 1 aromatic carbocycles. The third-order valence-electron chi connectivity index (χ3n) is 4.14. The number of halogens is 1. The van der Waals surface area contributed by atoms with Gasteiger partial charge in [-0.05, 0) is 30.5 Å². The zero-order chi connectivity index (χ0) is 18.8. The smallest absolute Gasteiger partial charge is 0.338 e. The molecule has 2 heterocycles. The number of amidine groups is 1. The second kappa shape index (κ2) is 7.61. The minimum atomic E-state index is -0.724. The van der Waals surface area contributed by atoms with E-state index in [1.165, 1.54) is 28.8 Å². The molecule has 1 atom stereocenters. The molecule has 1 aromatic rings. The van der Waals surface area contributed by atoms with Crippen LogP contribution in [-0.2, 0) is 14.3 Å². The highest BCUT2D eigenvalue weighted by Gasteiger charge is 2.41. The third kappa shape index (κ3) is 3.67. The first kappa shape index (κ1) is 18.6. The summed E-state index contributed by atoms with van der Waals surface area (Å²) in [6.07, 6.45) is 0.350. The van der Waals surface area contributed by atoms with Crippen molar-refractivity contribution < 1.29 is 18.7 Å². The zero-order valence-corrected chi connectivity index (χ0v) is 15.8. The number of carbonyl (C=O) groups is 2. The standard InChI is InChI=1S/C19H21FN2O3S/c1-11(2)10-25-18(24)16-12(3)21-19-22(15(23)7-8-26-19)17(16)13-5-4-6-14(20)9-13/h4-6,9,11,17H,7-8,10H2,1-3H3. The molecule has 1 unspecified atom stereocenters. The van der Waals surface area contributed by atoms with Crippen LogP contribution < -0.4 is 0 Å². The Morgan fingerprint density at radius 2 is 2.23 bits per heavy atom. The van der Waals surface area contributed by atoms with Crippen LogP contribution in [0.15, 0.2) is 40.5 Å². The number of fused-ring (bicyclic) bond motifs is 1. The zero-order valence-electron chi connectivity index (χ0n) is 15.0. The van der Waals surface area contributed by atoms with Gasteiger partial charge >= 0.3 is 5.97 Å². The van der Waals surface area contributed by atoms with Crippen molar-refractivity contribution in [3.05, 3.63) is 46.9 Å². The van der Waals surface area contributed by atoms with E-state index in [1.54, 1.807) is 19.1 Å². The minimum absolute atomic E-state index is 0.126. The number of hydrogen-bond acceptors (Lipinski definition) is 5. The summed E-state index contributed by atoms with van der Waals surface area (Å²) in [5.41, 5.74) is 1.32. The number of ether oxygens (including phenoxy) is 1. The van der Waals surface area contributed by atoms with E-state index in [4.69, 9.17) is 4.74 Å². The molecule has 7 heteroatoms. The molecule has 26 heavy (non-hydrogen) atoms. The van der Waals surface area contributed by atoms with Crippen molar-refractivity contribution in [1.29, 1.82) is 0 Å². The number of aliphatic imine (C=N–C) groups is 1. The summed E-state index contributed by atoms with van der Waals surface area (Å²) in [5.74, 6) is -0.238. The van der Waals surface area contributed by atoms with Gasteiger partial charge in [0.2, 0.25) is 5.91 Å². The molecule has 3 rings (SSSR count). The first-order chi connectivity index (χ1) is 12.4. The highest BCUT2D eigenvalue weighted by Crippen LogP contribution is 2.40. The Hall–Kier alpha value is -2.15. The van der Waals surface area contributed by atoms with E-state index in [2.05, 4.69) is 4.99 Å². The highest BCUT2D eigenvalue weighted by atomic mass is 32.2. The second-order valence-electron chi connectivity index (χ2n) is 6.71. The Bertz CT molecular complexity index is 804. The molecule has 0 aromatic heterocycles. The average molecular weight is 376 g/mol. The lowest BCUT2D eigenvalue weighted by atomic mass is 9.94. The third-order valence-corrected chi connectivity index (χ3v) is 5.09. The summed E-state index contributed by atoms with van der Waals surface area (Å²) in [6.45, 7) is 5.88. The van der Waals surface area contributed by atoms with Gasteiger partial charge in [0.1, 0.15) is 5.82 Å². The SMILES string of the molecule is CC1=C(C(=O)OCC(C)C)C(c2cccc(F)c2)N2C(=O)CCSC2=N1. The Labute approximate surface area is 156 Å². The topological polar surface area (TPSA) is 59.0 Å². The lowest BCUT2D eigenvalue weighted by molar-refractivity contribution is -0.141. The van der Waals surface area contributed by atoms with E-state index in [9.17, 15) is 14.0 Å². The number of thioether (sulfide) groups is 1. The van der Waals surface area contributed by atoms with E-state index >= 15 is 0 Å². The fourth-order valence-corrected chi connectivity index (χ4v) is 3.98. The van der Waals surface area contributed by atoms with Crippen LogP contribution in [0.5, 0.6) is 0 Å². The van der Waals surface area contributed by atoms with Crippen molar-refractivity contribution in [1.82, 2.24) is 4.90 Å². The van der Waals surface area contributed by atoms with Crippen LogP contribution in [0.4, 0.5) is 4.39 Å². The monoisotopic (exact) mass is 376 g/mol. The van der Waals surface area contributed by atoms with Gasteiger partial charge in [0.15, 0.2) is 5.17 Å². The summed E-state index contributed by atoms with van der Waals surface area (Å²) in [6, 6.07) is 5.25. The van der Waals surface area contributed by atoms with Gasteiger partial charge in [0.05, 0.1) is 23.9 Å². The van der Waals surface area contributed by atoms with E-state index in [0.29, 0.717) is 28.6 Å². The number of allylic oxidation sites excluding steroid dienone is 1. The van der Waals surface area contributed by atoms with Crippen LogP contribution >= 0.6 is 11.8 Å². The number of esters is 1. The van der Waals surface area contributed by atoms with E-state index in [0.717, 1.165) is 0 Å². The van der Waals surface area contributed by atoms with Gasteiger partial charge < -0.3 is 4.74 Å². The highest BCUT2D eigenvalue weighted by molar-refractivity contribution is 8.14. The minimum Gasteiger partial charge on any atom is -0.462 e. The molecule has 1 amide bonds. The van der Waals surface area contributed by atoms with Crippen LogP contribution in [0.3, 0.4) is 0 Å². The summed E-state index contributed by atoms with van der Waals surface area (Å²) in [7, 11) is 0. The molecule has 0 radical (unpaired) electrons. The summed E-state index contributed by atoms with van der Waals surface area (Å²) in [4.78, 5) is 31.3. The molecule has 1 fully saturated rings. The van der Waals surface area contributed by atoms with Crippen molar-refractivity contribution in [2.24, 2.45) is 10.9 Å². The lowest BCUT2D eigenvalue weighted by Gasteiger charge is -2.38. The molecule has 0 bridgehead atoms. The van der Waals surface area contributed by atoms with Crippen molar-refractivity contribution in [2.45, 2.75) is 33.2 Å². The van der Waals surface area contributed by atoms with Gasteiger partial charge in [-0.25, -0.2) is 14.2 Å². The molecular weight excluding hydrogens is 355 g/mol. The Morgan fingerprint density at radius 3 is 2.92 bits per heavy atom. The van der Waals surface area contributed by atoms with Crippen LogP contribution in [0.2, 0.25) is 0 Å². The molecule has 5 nitrogen and oxygen atoms in total. The van der Waals surface area contributed by atoms with Gasteiger partial charge in [-0.3, -0.25) is 9.69 Å². The number of carbonyl (C=O) groups excluding carboxylic acids is 2. The molecule has 0 saturated carbocycles. The molecule has 1 saturated heterocycles. The van der Waals surface area contributed by atoms with Crippen LogP contribution in [0.25, 0.3) is 0 Å². The number of rotatable bonds is 4. The fourth-order valence-electron chi connectivity index (χ4n) is 2.97. The summed E-state index contributed by atoms with van der Waals surface area (Å²) < 4.78 is 19.3. The van der Waals surface area contributed by atoms with E-state index in [-0.39, 0.29) is 24.0 Å². The van der Waals surface area contributed by atoms with Crippen molar-refractivity contribution in [3.63, 3.8) is 0 Å². The quantitative estimate of drug-likeness (QED) is 0.752. The molecule has 0 spiro atoms. The first-order valence-electron chi connectivity index (χ1n) is 8.55. The largest absolute Gasteiger partial charge is 0.462 e. The maximum Gasteiger partial charge on any atom is 0.338 e. The van der Waals surface area contributed by atoms with E-state index < -0.39 is 17.8 Å². The Balaban J connectivity index is 2.08. The van der Waals surface area contributed by atoms with Gasteiger partial charge in [-0.15, -0.1) is 0 Å². The van der Waals surface area contributed by atoms with Crippen molar-refractivity contribution in [2.75, 3.05) is 12.4 Å². The van der Waals surface area contributed by atoms with Gasteiger partial charge in [-0.1, -0.05) is 37.7 Å². The first-order valence-corrected chi connectivity index (χ1v) is 9.54. The molecule has 138 valence electrons. The van der Waals surface area contributed by atoms with Crippen LogP contribution in [0.1, 0.15) is 38.8 Å². The Morgan fingerprint density at radius 1 is 1.46 bits per heavy atom. The second-order valence-corrected chi connectivity index (χ2v) is 7.77. The summed E-state index contributed by atoms with van der Waals surface area (Å²) in [5, 5.41) is 0.549. The molecule has 2 aliphatic heterocycles.